The lowest BCUT2D eigenvalue weighted by Crippen LogP contribution is -2.26. The summed E-state index contributed by atoms with van der Waals surface area (Å²) in [4.78, 5) is 23.5. The van der Waals surface area contributed by atoms with E-state index in [4.69, 9.17) is 9.47 Å². The molecule has 168 valence electrons. The number of hydrogen-bond donors (Lipinski definition) is 1. The second-order valence-electron chi connectivity index (χ2n) is 7.13. The zero-order valence-electron chi connectivity index (χ0n) is 18.3. The van der Waals surface area contributed by atoms with Crippen LogP contribution in [0.25, 0.3) is 16.9 Å². The number of hydrogen-bond acceptors (Lipinski definition) is 6. The molecule has 0 aliphatic rings. The van der Waals surface area contributed by atoms with Gasteiger partial charge in [-0.25, -0.2) is 4.68 Å². The van der Waals surface area contributed by atoms with E-state index in [2.05, 4.69) is 17.3 Å². The smallest absolute Gasteiger partial charge is 0.270 e. The SMILES string of the molecule is CCCCCNC(=O)c1cc(-c2ccc(OC)cc2OC)nn1-c1ccc([N+](=O)[O-])cc1. The highest BCUT2D eigenvalue weighted by molar-refractivity contribution is 5.94. The molecule has 1 N–H and O–H groups in total. The number of nitro groups is 1. The van der Waals surface area contributed by atoms with Crippen molar-refractivity contribution < 1.29 is 19.2 Å². The molecule has 0 radical (unpaired) electrons. The lowest BCUT2D eigenvalue weighted by Gasteiger charge is -2.09. The Balaban J connectivity index is 2.03. The maximum Gasteiger partial charge on any atom is 0.270 e. The minimum atomic E-state index is -0.470. The number of nitrogens with one attached hydrogen (secondary N) is 1. The first kappa shape index (κ1) is 22.8. The first-order chi connectivity index (χ1) is 15.5. The number of carbonyl (C=O) groups excluding carboxylic acids is 1. The predicted octanol–water partition coefficient (Wildman–Crippen LogP) is 4.38. The van der Waals surface area contributed by atoms with Gasteiger partial charge in [0.1, 0.15) is 17.2 Å². The van der Waals surface area contributed by atoms with Gasteiger partial charge in [0.25, 0.3) is 11.6 Å². The minimum Gasteiger partial charge on any atom is -0.497 e. The van der Waals surface area contributed by atoms with E-state index in [1.54, 1.807) is 44.6 Å². The number of nitrogens with zero attached hydrogens (tertiary/aromatic N) is 3. The fourth-order valence-corrected chi connectivity index (χ4v) is 3.26. The lowest BCUT2D eigenvalue weighted by atomic mass is 10.1. The topological polar surface area (TPSA) is 109 Å². The Morgan fingerprint density at radius 1 is 1.09 bits per heavy atom. The van der Waals surface area contributed by atoms with Crippen LogP contribution in [-0.4, -0.2) is 41.4 Å². The van der Waals surface area contributed by atoms with Gasteiger partial charge in [-0.2, -0.15) is 5.10 Å². The van der Waals surface area contributed by atoms with E-state index in [1.165, 1.54) is 16.8 Å². The van der Waals surface area contributed by atoms with Crippen LogP contribution in [0.15, 0.2) is 48.5 Å². The number of nitro benzene ring substituents is 1. The van der Waals surface area contributed by atoms with Crippen LogP contribution in [0.1, 0.15) is 36.7 Å². The highest BCUT2D eigenvalue weighted by Crippen LogP contribution is 2.33. The molecule has 1 amide bonds. The molecule has 9 heteroatoms. The highest BCUT2D eigenvalue weighted by atomic mass is 16.6. The van der Waals surface area contributed by atoms with E-state index >= 15 is 0 Å². The third-order valence-electron chi connectivity index (χ3n) is 5.00. The molecule has 0 aliphatic carbocycles. The molecule has 0 spiro atoms. The Hall–Kier alpha value is -3.88. The summed E-state index contributed by atoms with van der Waals surface area (Å²) in [6, 6.07) is 12.9. The summed E-state index contributed by atoms with van der Waals surface area (Å²) < 4.78 is 12.2. The number of unbranched alkanes of at least 4 members (excludes halogenated alkanes) is 2. The molecule has 9 nitrogen and oxygen atoms in total. The Morgan fingerprint density at radius 3 is 2.47 bits per heavy atom. The molecule has 3 aromatic rings. The van der Waals surface area contributed by atoms with Crippen molar-refractivity contribution in [3.05, 3.63) is 64.3 Å². The second-order valence-corrected chi connectivity index (χ2v) is 7.13. The van der Waals surface area contributed by atoms with Crippen LogP contribution in [0, 0.1) is 10.1 Å². The Kier molecular flexibility index (Phi) is 7.43. The highest BCUT2D eigenvalue weighted by Gasteiger charge is 2.20. The molecule has 0 saturated heterocycles. The van der Waals surface area contributed by atoms with Gasteiger partial charge in [0.15, 0.2) is 0 Å². The summed E-state index contributed by atoms with van der Waals surface area (Å²) in [5, 5.41) is 18.5. The monoisotopic (exact) mass is 438 g/mol. The first-order valence-electron chi connectivity index (χ1n) is 10.3. The average molecular weight is 438 g/mol. The second kappa shape index (κ2) is 10.4. The summed E-state index contributed by atoms with van der Waals surface area (Å²) in [7, 11) is 3.12. The van der Waals surface area contributed by atoms with Crippen LogP contribution in [-0.2, 0) is 0 Å². The van der Waals surface area contributed by atoms with Crippen molar-refractivity contribution in [3.8, 4) is 28.4 Å². The first-order valence-corrected chi connectivity index (χ1v) is 10.3. The van der Waals surface area contributed by atoms with Gasteiger partial charge in [0, 0.05) is 30.3 Å². The van der Waals surface area contributed by atoms with E-state index in [0.29, 0.717) is 40.7 Å². The van der Waals surface area contributed by atoms with Crippen molar-refractivity contribution in [2.24, 2.45) is 0 Å². The molecule has 3 rings (SSSR count). The molecule has 1 heterocycles. The normalized spacial score (nSPS) is 10.6. The largest absolute Gasteiger partial charge is 0.497 e. The number of benzene rings is 2. The summed E-state index contributed by atoms with van der Waals surface area (Å²) >= 11 is 0. The van der Waals surface area contributed by atoms with Crippen LogP contribution >= 0.6 is 0 Å². The van der Waals surface area contributed by atoms with Gasteiger partial charge >= 0.3 is 0 Å². The number of amides is 1. The Labute approximate surface area is 186 Å². The molecule has 2 aromatic carbocycles. The molecule has 1 aromatic heterocycles. The maximum atomic E-state index is 12.9. The fraction of sp³-hybridized carbons (Fsp3) is 0.304. The number of non-ortho nitro benzene ring substituents is 1. The van der Waals surface area contributed by atoms with E-state index in [1.807, 2.05) is 6.07 Å². The van der Waals surface area contributed by atoms with Gasteiger partial charge in [0.05, 0.1) is 30.5 Å². The van der Waals surface area contributed by atoms with Crippen LogP contribution in [0.2, 0.25) is 0 Å². The van der Waals surface area contributed by atoms with E-state index in [0.717, 1.165) is 19.3 Å². The van der Waals surface area contributed by atoms with Gasteiger partial charge in [-0.3, -0.25) is 14.9 Å². The maximum absolute atomic E-state index is 12.9. The van der Waals surface area contributed by atoms with Gasteiger partial charge in [-0.15, -0.1) is 0 Å². The quantitative estimate of drug-likeness (QED) is 0.286. The number of aromatic nitrogens is 2. The van der Waals surface area contributed by atoms with Crippen LogP contribution < -0.4 is 14.8 Å². The Morgan fingerprint density at radius 2 is 1.84 bits per heavy atom. The standard InChI is InChI=1S/C23H26N4O5/c1-4-5-6-13-24-23(28)21-15-20(19-12-11-18(31-2)14-22(19)32-3)25-26(21)16-7-9-17(10-8-16)27(29)30/h7-12,14-15H,4-6,13H2,1-3H3,(H,24,28). The van der Waals surface area contributed by atoms with Crippen molar-refractivity contribution in [2.45, 2.75) is 26.2 Å². The van der Waals surface area contributed by atoms with Crippen molar-refractivity contribution in [1.82, 2.24) is 15.1 Å². The van der Waals surface area contributed by atoms with Gasteiger partial charge in [-0.05, 0) is 36.8 Å². The number of methoxy groups -OCH3 is 2. The fourth-order valence-electron chi connectivity index (χ4n) is 3.26. The number of rotatable bonds is 10. The van der Waals surface area contributed by atoms with Crippen molar-refractivity contribution in [1.29, 1.82) is 0 Å². The van der Waals surface area contributed by atoms with Gasteiger partial charge in [-0.1, -0.05) is 19.8 Å². The molecule has 0 fully saturated rings. The average Bonchev–Trinajstić information content (AvgIpc) is 3.26. The summed E-state index contributed by atoms with van der Waals surface area (Å²) in [6.45, 7) is 2.65. The summed E-state index contributed by atoms with van der Waals surface area (Å²) in [5.74, 6) is 0.910. The van der Waals surface area contributed by atoms with Gasteiger partial charge in [0.2, 0.25) is 0 Å². The minimum absolute atomic E-state index is 0.0384. The number of carbonyl (C=O) groups is 1. The third-order valence-corrected chi connectivity index (χ3v) is 5.00. The van der Waals surface area contributed by atoms with Crippen molar-refractivity contribution in [2.75, 3.05) is 20.8 Å². The molecule has 0 unspecified atom stereocenters. The molecule has 32 heavy (non-hydrogen) atoms. The third kappa shape index (κ3) is 5.05. The van der Waals surface area contributed by atoms with Crippen LogP contribution in [0.5, 0.6) is 11.5 Å². The van der Waals surface area contributed by atoms with Crippen LogP contribution in [0.4, 0.5) is 5.69 Å². The van der Waals surface area contributed by atoms with E-state index < -0.39 is 4.92 Å². The molecule has 0 saturated carbocycles. The number of ether oxygens (including phenoxy) is 2. The molecule has 0 bridgehead atoms. The van der Waals surface area contributed by atoms with Crippen molar-refractivity contribution in [3.63, 3.8) is 0 Å². The Bertz CT molecular complexity index is 1090. The van der Waals surface area contributed by atoms with E-state index in [9.17, 15) is 14.9 Å². The predicted molar refractivity (Wildman–Crippen MR) is 121 cm³/mol. The summed E-state index contributed by atoms with van der Waals surface area (Å²) in [6.07, 6.45) is 2.96. The molecular weight excluding hydrogens is 412 g/mol. The van der Waals surface area contributed by atoms with E-state index in [-0.39, 0.29) is 11.6 Å². The molecule has 0 atom stereocenters. The van der Waals surface area contributed by atoms with Crippen molar-refractivity contribution >= 4 is 11.6 Å². The molecular formula is C23H26N4O5. The van der Waals surface area contributed by atoms with Crippen LogP contribution in [0.3, 0.4) is 0 Å². The summed E-state index contributed by atoms with van der Waals surface area (Å²) in [5.41, 5.74) is 2.04. The lowest BCUT2D eigenvalue weighted by molar-refractivity contribution is -0.384. The molecule has 0 aliphatic heterocycles. The zero-order chi connectivity index (χ0) is 23.1. The zero-order valence-corrected chi connectivity index (χ0v) is 18.3. The van der Waals surface area contributed by atoms with Gasteiger partial charge < -0.3 is 14.8 Å².